The maximum absolute atomic E-state index is 12.1. The lowest BCUT2D eigenvalue weighted by molar-refractivity contribution is -0.125. The summed E-state index contributed by atoms with van der Waals surface area (Å²) in [6, 6.07) is 11.3. The van der Waals surface area contributed by atoms with Gasteiger partial charge in [-0.15, -0.1) is 0 Å². The van der Waals surface area contributed by atoms with E-state index in [0.29, 0.717) is 18.5 Å². The molecule has 0 aromatic heterocycles. The molecular formula is C19H29N3O. The Kier molecular flexibility index (Phi) is 5.68. The fraction of sp³-hybridized carbons (Fsp3) is 0.632. The van der Waals surface area contributed by atoms with Crippen LogP contribution in [-0.2, 0) is 11.2 Å². The second-order valence-electron chi connectivity index (χ2n) is 7.09. The lowest BCUT2D eigenvalue weighted by Crippen LogP contribution is -2.56. The number of nitrogens with one attached hydrogen (secondary N) is 2. The van der Waals surface area contributed by atoms with Crippen LogP contribution >= 0.6 is 0 Å². The van der Waals surface area contributed by atoms with Gasteiger partial charge < -0.3 is 10.6 Å². The Labute approximate surface area is 139 Å². The molecule has 1 heterocycles. The van der Waals surface area contributed by atoms with Crippen LogP contribution in [0, 0.1) is 5.92 Å². The molecule has 23 heavy (non-hydrogen) atoms. The molecule has 2 fully saturated rings. The normalized spacial score (nSPS) is 29.3. The average Bonchev–Trinajstić information content (AvgIpc) is 2.56. The predicted molar refractivity (Wildman–Crippen MR) is 93.3 cm³/mol. The van der Waals surface area contributed by atoms with Crippen LogP contribution in [0.15, 0.2) is 30.3 Å². The van der Waals surface area contributed by atoms with Crippen LogP contribution in [0.3, 0.4) is 0 Å². The molecule has 0 spiro atoms. The van der Waals surface area contributed by atoms with Gasteiger partial charge in [0, 0.05) is 25.2 Å². The highest BCUT2D eigenvalue weighted by molar-refractivity contribution is 5.79. The fourth-order valence-electron chi connectivity index (χ4n) is 4.19. The van der Waals surface area contributed by atoms with E-state index >= 15 is 0 Å². The van der Waals surface area contributed by atoms with E-state index in [-0.39, 0.29) is 11.9 Å². The second-order valence-corrected chi connectivity index (χ2v) is 7.09. The van der Waals surface area contributed by atoms with Crippen LogP contribution in [0.1, 0.15) is 31.2 Å². The highest BCUT2D eigenvalue weighted by atomic mass is 16.2. The zero-order valence-electron chi connectivity index (χ0n) is 14.1. The Morgan fingerprint density at radius 1 is 1.22 bits per heavy atom. The first-order chi connectivity index (χ1) is 11.2. The molecular weight excluding hydrogens is 286 g/mol. The van der Waals surface area contributed by atoms with Crippen molar-refractivity contribution in [2.24, 2.45) is 5.92 Å². The number of carbonyl (C=O) groups excluding carboxylic acids is 1. The summed E-state index contributed by atoms with van der Waals surface area (Å²) in [5, 5.41) is 6.64. The SMILES string of the molecule is CN[C@@H]1CCCC[C@H]1CN1CC(=O)N[C@@H](Cc2ccccc2)C1. The number of piperazine rings is 1. The van der Waals surface area contributed by atoms with Crippen LogP contribution in [0.25, 0.3) is 0 Å². The Hall–Kier alpha value is -1.39. The number of hydrogen-bond donors (Lipinski definition) is 2. The van der Waals surface area contributed by atoms with Gasteiger partial charge in [0.1, 0.15) is 0 Å². The molecule has 0 bridgehead atoms. The molecule has 0 radical (unpaired) electrons. The van der Waals surface area contributed by atoms with Gasteiger partial charge in [0.05, 0.1) is 6.54 Å². The maximum Gasteiger partial charge on any atom is 0.234 e. The molecule has 1 aromatic carbocycles. The Bertz CT molecular complexity index is 505. The predicted octanol–water partition coefficient (Wildman–Crippen LogP) is 1.81. The zero-order valence-corrected chi connectivity index (χ0v) is 14.1. The van der Waals surface area contributed by atoms with Gasteiger partial charge in [0.25, 0.3) is 0 Å². The maximum atomic E-state index is 12.1. The zero-order chi connectivity index (χ0) is 16.1. The summed E-state index contributed by atoms with van der Waals surface area (Å²) in [5.74, 6) is 0.853. The molecule has 4 nitrogen and oxygen atoms in total. The molecule has 1 saturated heterocycles. The van der Waals surface area contributed by atoms with E-state index in [1.165, 1.54) is 31.2 Å². The van der Waals surface area contributed by atoms with Gasteiger partial charge in [-0.2, -0.15) is 0 Å². The van der Waals surface area contributed by atoms with Gasteiger partial charge in [-0.25, -0.2) is 0 Å². The summed E-state index contributed by atoms with van der Waals surface area (Å²) in [6.07, 6.45) is 6.14. The smallest absolute Gasteiger partial charge is 0.234 e. The van der Waals surface area contributed by atoms with Gasteiger partial charge in [-0.05, 0) is 37.8 Å². The number of nitrogens with zero attached hydrogens (tertiary/aromatic N) is 1. The first-order valence-corrected chi connectivity index (χ1v) is 8.97. The molecule has 0 unspecified atom stereocenters. The molecule has 1 aliphatic carbocycles. The summed E-state index contributed by atoms with van der Waals surface area (Å²) in [7, 11) is 2.07. The monoisotopic (exact) mass is 315 g/mol. The van der Waals surface area contributed by atoms with Gasteiger partial charge in [-0.1, -0.05) is 43.2 Å². The van der Waals surface area contributed by atoms with Crippen molar-refractivity contribution in [1.29, 1.82) is 0 Å². The third-order valence-corrected chi connectivity index (χ3v) is 5.31. The van der Waals surface area contributed by atoms with E-state index in [0.717, 1.165) is 19.5 Å². The molecule has 2 N–H and O–H groups in total. The number of benzene rings is 1. The summed E-state index contributed by atoms with van der Waals surface area (Å²) in [4.78, 5) is 14.5. The summed E-state index contributed by atoms with van der Waals surface area (Å²) >= 11 is 0. The van der Waals surface area contributed by atoms with Crippen LogP contribution in [-0.4, -0.2) is 49.6 Å². The minimum atomic E-state index is 0.175. The van der Waals surface area contributed by atoms with Crippen molar-refractivity contribution in [1.82, 2.24) is 15.5 Å². The standard InChI is InChI=1S/C19H29N3O/c1-20-18-10-6-5-9-16(18)12-22-13-17(21-19(23)14-22)11-15-7-3-2-4-8-15/h2-4,7-8,16-18,20H,5-6,9-14H2,1H3,(H,21,23)/t16-,17-,18+/m0/s1. The van der Waals surface area contributed by atoms with Crippen LogP contribution in [0.2, 0.25) is 0 Å². The Morgan fingerprint density at radius 3 is 2.78 bits per heavy atom. The van der Waals surface area contributed by atoms with E-state index in [2.05, 4.69) is 46.8 Å². The van der Waals surface area contributed by atoms with Crippen molar-refractivity contribution >= 4 is 5.91 Å². The molecule has 1 saturated carbocycles. The topological polar surface area (TPSA) is 44.4 Å². The van der Waals surface area contributed by atoms with Gasteiger partial charge >= 0.3 is 0 Å². The molecule has 2 aliphatic rings. The van der Waals surface area contributed by atoms with Crippen LogP contribution in [0.5, 0.6) is 0 Å². The number of carbonyl (C=O) groups is 1. The Morgan fingerprint density at radius 2 is 2.00 bits per heavy atom. The lowest BCUT2D eigenvalue weighted by atomic mass is 9.84. The fourth-order valence-corrected chi connectivity index (χ4v) is 4.19. The van der Waals surface area contributed by atoms with Gasteiger partial charge in [0.15, 0.2) is 0 Å². The molecule has 126 valence electrons. The third-order valence-electron chi connectivity index (χ3n) is 5.31. The van der Waals surface area contributed by atoms with Crippen molar-refractivity contribution in [2.75, 3.05) is 26.7 Å². The van der Waals surface area contributed by atoms with Crippen molar-refractivity contribution < 1.29 is 4.79 Å². The van der Waals surface area contributed by atoms with E-state index < -0.39 is 0 Å². The van der Waals surface area contributed by atoms with Crippen molar-refractivity contribution in [3.05, 3.63) is 35.9 Å². The number of hydrogen-bond acceptors (Lipinski definition) is 3. The quantitative estimate of drug-likeness (QED) is 0.871. The van der Waals surface area contributed by atoms with E-state index in [4.69, 9.17) is 0 Å². The molecule has 4 heteroatoms. The minimum Gasteiger partial charge on any atom is -0.351 e. The first-order valence-electron chi connectivity index (χ1n) is 8.97. The van der Waals surface area contributed by atoms with Crippen molar-refractivity contribution in [2.45, 2.75) is 44.2 Å². The highest BCUT2D eigenvalue weighted by Crippen LogP contribution is 2.25. The summed E-state index contributed by atoms with van der Waals surface area (Å²) in [5.41, 5.74) is 1.30. The number of rotatable bonds is 5. The molecule has 1 amide bonds. The van der Waals surface area contributed by atoms with Crippen LogP contribution < -0.4 is 10.6 Å². The molecule has 3 atom stereocenters. The summed E-state index contributed by atoms with van der Waals surface area (Å²) < 4.78 is 0. The summed E-state index contributed by atoms with van der Waals surface area (Å²) in [6.45, 7) is 2.57. The molecule has 1 aromatic rings. The molecule has 3 rings (SSSR count). The van der Waals surface area contributed by atoms with E-state index in [1.54, 1.807) is 0 Å². The largest absolute Gasteiger partial charge is 0.351 e. The van der Waals surface area contributed by atoms with Crippen molar-refractivity contribution in [3.63, 3.8) is 0 Å². The van der Waals surface area contributed by atoms with Crippen LogP contribution in [0.4, 0.5) is 0 Å². The van der Waals surface area contributed by atoms with E-state index in [1.807, 2.05) is 6.07 Å². The van der Waals surface area contributed by atoms with E-state index in [9.17, 15) is 4.79 Å². The first kappa shape index (κ1) is 16.5. The van der Waals surface area contributed by atoms with Crippen molar-refractivity contribution in [3.8, 4) is 0 Å². The van der Waals surface area contributed by atoms with Gasteiger partial charge in [0.2, 0.25) is 5.91 Å². The third kappa shape index (κ3) is 4.55. The average molecular weight is 315 g/mol. The minimum absolute atomic E-state index is 0.175. The van der Waals surface area contributed by atoms with Gasteiger partial charge in [-0.3, -0.25) is 9.69 Å². The highest BCUT2D eigenvalue weighted by Gasteiger charge is 2.30. The number of amides is 1. The molecule has 1 aliphatic heterocycles. The lowest BCUT2D eigenvalue weighted by Gasteiger charge is -2.39. The second kappa shape index (κ2) is 7.93. The Balaban J connectivity index is 1.58.